The molecule has 0 fully saturated rings. The summed E-state index contributed by atoms with van der Waals surface area (Å²) in [5.41, 5.74) is 1.07. The van der Waals surface area contributed by atoms with Crippen LogP contribution in [0.2, 0.25) is 0 Å². The standard InChI is InChI=1S/C12H16FNO2/c1-8-3-4-10(13)7-11(8)12(16)14-6-5-9(2)15/h3-4,7,9,15H,5-6H2,1-2H3,(H,14,16). The number of amides is 1. The summed E-state index contributed by atoms with van der Waals surface area (Å²) in [5.74, 6) is -0.732. The number of nitrogens with one attached hydrogen (secondary N) is 1. The number of aryl methyl sites for hydroxylation is 1. The monoisotopic (exact) mass is 225 g/mol. The molecule has 0 saturated heterocycles. The number of rotatable bonds is 4. The Bertz CT molecular complexity index is 377. The van der Waals surface area contributed by atoms with E-state index in [-0.39, 0.29) is 5.91 Å². The highest BCUT2D eigenvalue weighted by atomic mass is 19.1. The number of aliphatic hydroxyl groups excluding tert-OH is 1. The number of benzene rings is 1. The van der Waals surface area contributed by atoms with Gasteiger partial charge in [0.05, 0.1) is 6.10 Å². The van der Waals surface area contributed by atoms with Gasteiger partial charge in [0.2, 0.25) is 0 Å². The van der Waals surface area contributed by atoms with E-state index in [0.717, 1.165) is 5.56 Å². The van der Waals surface area contributed by atoms with E-state index in [1.54, 1.807) is 19.9 Å². The van der Waals surface area contributed by atoms with Gasteiger partial charge in [-0.15, -0.1) is 0 Å². The molecule has 0 saturated carbocycles. The maximum atomic E-state index is 12.9. The number of hydrogen-bond donors (Lipinski definition) is 2. The van der Waals surface area contributed by atoms with E-state index < -0.39 is 11.9 Å². The number of aliphatic hydroxyl groups is 1. The first-order valence-corrected chi connectivity index (χ1v) is 5.23. The molecule has 1 aromatic rings. The average Bonchev–Trinajstić information content (AvgIpc) is 2.21. The van der Waals surface area contributed by atoms with Gasteiger partial charge in [0, 0.05) is 12.1 Å². The summed E-state index contributed by atoms with van der Waals surface area (Å²) in [6.07, 6.45) is 0.0361. The first-order chi connectivity index (χ1) is 7.50. The molecule has 3 nitrogen and oxygen atoms in total. The zero-order valence-corrected chi connectivity index (χ0v) is 9.46. The Hall–Kier alpha value is -1.42. The van der Waals surface area contributed by atoms with Gasteiger partial charge in [0.1, 0.15) is 5.82 Å². The number of hydrogen-bond acceptors (Lipinski definition) is 2. The van der Waals surface area contributed by atoms with Gasteiger partial charge >= 0.3 is 0 Å². The lowest BCUT2D eigenvalue weighted by molar-refractivity contribution is 0.0944. The molecule has 0 aliphatic rings. The van der Waals surface area contributed by atoms with Crippen molar-refractivity contribution in [3.05, 3.63) is 35.1 Å². The van der Waals surface area contributed by atoms with Crippen LogP contribution in [0.4, 0.5) is 4.39 Å². The summed E-state index contributed by atoms with van der Waals surface area (Å²) < 4.78 is 12.9. The number of carbonyl (C=O) groups excluding carboxylic acids is 1. The minimum atomic E-state index is -0.450. The predicted octanol–water partition coefficient (Wildman–Crippen LogP) is 1.63. The minimum Gasteiger partial charge on any atom is -0.393 e. The summed E-state index contributed by atoms with van der Waals surface area (Å²) in [7, 11) is 0. The van der Waals surface area contributed by atoms with Crippen LogP contribution in [0.5, 0.6) is 0 Å². The highest BCUT2D eigenvalue weighted by molar-refractivity contribution is 5.95. The van der Waals surface area contributed by atoms with Crippen LogP contribution in [0, 0.1) is 12.7 Å². The van der Waals surface area contributed by atoms with Gasteiger partial charge < -0.3 is 10.4 Å². The Labute approximate surface area is 94.3 Å². The van der Waals surface area contributed by atoms with E-state index in [0.29, 0.717) is 18.5 Å². The Morgan fingerprint density at radius 1 is 1.56 bits per heavy atom. The van der Waals surface area contributed by atoms with Crippen molar-refractivity contribution >= 4 is 5.91 Å². The third kappa shape index (κ3) is 3.62. The summed E-state index contributed by atoms with van der Waals surface area (Å²) in [4.78, 5) is 11.6. The lowest BCUT2D eigenvalue weighted by Crippen LogP contribution is -2.27. The second kappa shape index (κ2) is 5.61. The zero-order valence-electron chi connectivity index (χ0n) is 9.46. The van der Waals surface area contributed by atoms with Gasteiger partial charge in [-0.3, -0.25) is 4.79 Å². The maximum Gasteiger partial charge on any atom is 0.251 e. The highest BCUT2D eigenvalue weighted by Gasteiger charge is 2.09. The van der Waals surface area contributed by atoms with Crippen LogP contribution in [0.15, 0.2) is 18.2 Å². The predicted molar refractivity (Wildman–Crippen MR) is 59.8 cm³/mol. The second-order valence-electron chi connectivity index (χ2n) is 3.85. The van der Waals surface area contributed by atoms with Crippen molar-refractivity contribution < 1.29 is 14.3 Å². The smallest absolute Gasteiger partial charge is 0.251 e. The quantitative estimate of drug-likeness (QED) is 0.818. The van der Waals surface area contributed by atoms with Gasteiger partial charge in [0.15, 0.2) is 0 Å². The SMILES string of the molecule is Cc1ccc(F)cc1C(=O)NCCC(C)O. The molecule has 0 aliphatic carbocycles. The fraction of sp³-hybridized carbons (Fsp3) is 0.417. The minimum absolute atomic E-state index is 0.308. The normalized spacial score (nSPS) is 12.2. The van der Waals surface area contributed by atoms with Crippen molar-refractivity contribution in [2.75, 3.05) is 6.54 Å². The van der Waals surface area contributed by atoms with Crippen LogP contribution in [0.25, 0.3) is 0 Å². The van der Waals surface area contributed by atoms with Crippen LogP contribution in [0.1, 0.15) is 29.3 Å². The largest absolute Gasteiger partial charge is 0.393 e. The van der Waals surface area contributed by atoms with Crippen molar-refractivity contribution in [3.8, 4) is 0 Å². The number of carbonyl (C=O) groups is 1. The van der Waals surface area contributed by atoms with E-state index in [9.17, 15) is 9.18 Å². The van der Waals surface area contributed by atoms with Crippen LogP contribution >= 0.6 is 0 Å². The zero-order chi connectivity index (χ0) is 12.1. The lowest BCUT2D eigenvalue weighted by Gasteiger charge is -2.08. The van der Waals surface area contributed by atoms with E-state index >= 15 is 0 Å². The van der Waals surface area contributed by atoms with Crippen LogP contribution in [-0.4, -0.2) is 23.7 Å². The Morgan fingerprint density at radius 2 is 2.25 bits per heavy atom. The van der Waals surface area contributed by atoms with Gasteiger partial charge in [-0.05, 0) is 38.0 Å². The molecule has 1 amide bonds. The van der Waals surface area contributed by atoms with Crippen molar-refractivity contribution in [2.45, 2.75) is 26.4 Å². The molecule has 0 aliphatic heterocycles. The molecule has 0 radical (unpaired) electrons. The van der Waals surface area contributed by atoms with Gasteiger partial charge in [-0.2, -0.15) is 0 Å². The Balaban J connectivity index is 2.62. The summed E-state index contributed by atoms with van der Waals surface area (Å²) >= 11 is 0. The van der Waals surface area contributed by atoms with Crippen molar-refractivity contribution in [1.29, 1.82) is 0 Å². The van der Waals surface area contributed by atoms with E-state index in [1.165, 1.54) is 12.1 Å². The molecule has 0 heterocycles. The molecular weight excluding hydrogens is 209 g/mol. The molecule has 1 unspecified atom stereocenters. The van der Waals surface area contributed by atoms with E-state index in [4.69, 9.17) is 5.11 Å². The van der Waals surface area contributed by atoms with Crippen LogP contribution < -0.4 is 5.32 Å². The van der Waals surface area contributed by atoms with Crippen molar-refractivity contribution in [3.63, 3.8) is 0 Å². The molecule has 1 aromatic carbocycles. The molecule has 1 rings (SSSR count). The fourth-order valence-corrected chi connectivity index (χ4v) is 1.33. The molecule has 88 valence electrons. The second-order valence-corrected chi connectivity index (χ2v) is 3.85. The molecule has 2 N–H and O–H groups in total. The van der Waals surface area contributed by atoms with Gasteiger partial charge in [-0.1, -0.05) is 6.07 Å². The molecule has 4 heteroatoms. The number of halogens is 1. The topological polar surface area (TPSA) is 49.3 Å². The third-order valence-electron chi connectivity index (χ3n) is 2.29. The Kier molecular flexibility index (Phi) is 4.43. The lowest BCUT2D eigenvalue weighted by atomic mass is 10.1. The molecule has 0 spiro atoms. The maximum absolute atomic E-state index is 12.9. The van der Waals surface area contributed by atoms with Crippen molar-refractivity contribution in [2.24, 2.45) is 0 Å². The van der Waals surface area contributed by atoms with E-state index in [1.807, 2.05) is 0 Å². The van der Waals surface area contributed by atoms with Gasteiger partial charge in [-0.25, -0.2) is 4.39 Å². The Morgan fingerprint density at radius 3 is 2.88 bits per heavy atom. The average molecular weight is 225 g/mol. The summed E-state index contributed by atoms with van der Waals surface area (Å²) in [5, 5.41) is 11.7. The van der Waals surface area contributed by atoms with Crippen molar-refractivity contribution in [1.82, 2.24) is 5.32 Å². The molecule has 1 atom stereocenters. The van der Waals surface area contributed by atoms with Crippen LogP contribution in [0.3, 0.4) is 0 Å². The molecule has 0 bridgehead atoms. The molecular formula is C12H16FNO2. The van der Waals surface area contributed by atoms with Gasteiger partial charge in [0.25, 0.3) is 5.91 Å². The van der Waals surface area contributed by atoms with Crippen LogP contribution in [-0.2, 0) is 0 Å². The first kappa shape index (κ1) is 12.6. The third-order valence-corrected chi connectivity index (χ3v) is 2.29. The fourth-order valence-electron chi connectivity index (χ4n) is 1.33. The molecule has 16 heavy (non-hydrogen) atoms. The molecule has 0 aromatic heterocycles. The summed E-state index contributed by atoms with van der Waals surface area (Å²) in [6, 6.07) is 4.11. The van der Waals surface area contributed by atoms with E-state index in [2.05, 4.69) is 5.32 Å². The first-order valence-electron chi connectivity index (χ1n) is 5.23. The summed E-state index contributed by atoms with van der Waals surface area (Å²) in [6.45, 7) is 3.79. The highest BCUT2D eigenvalue weighted by Crippen LogP contribution is 2.09.